The maximum atomic E-state index is 12.4. The Labute approximate surface area is 178 Å². The van der Waals surface area contributed by atoms with Crippen molar-refractivity contribution in [1.29, 1.82) is 0 Å². The largest absolute Gasteiger partial charge is 0.481 e. The van der Waals surface area contributed by atoms with E-state index in [0.29, 0.717) is 17.1 Å². The molecule has 0 radical (unpaired) electrons. The lowest BCUT2D eigenvalue weighted by Gasteiger charge is -2.16. The topological polar surface area (TPSA) is 98.8 Å². The first kappa shape index (κ1) is 20.1. The first-order valence-electron chi connectivity index (χ1n) is 9.67. The van der Waals surface area contributed by atoms with Crippen molar-refractivity contribution in [3.63, 3.8) is 0 Å². The Bertz CT molecular complexity index is 1260. The van der Waals surface area contributed by atoms with Gasteiger partial charge in [-0.05, 0) is 55.8 Å². The van der Waals surface area contributed by atoms with Crippen LogP contribution in [-0.2, 0) is 4.79 Å². The molecule has 2 aromatic carbocycles. The van der Waals surface area contributed by atoms with Gasteiger partial charge in [0.15, 0.2) is 6.10 Å². The van der Waals surface area contributed by atoms with Gasteiger partial charge in [-0.1, -0.05) is 18.2 Å². The number of para-hydroxylation sites is 1. The molecule has 0 fully saturated rings. The number of aryl methyl sites for hydroxylation is 1. The van der Waals surface area contributed by atoms with Gasteiger partial charge in [-0.2, -0.15) is 0 Å². The number of benzene rings is 2. The molecule has 1 N–H and O–H groups in total. The minimum atomic E-state index is -0.679. The van der Waals surface area contributed by atoms with E-state index in [2.05, 4.69) is 10.3 Å². The summed E-state index contributed by atoms with van der Waals surface area (Å²) in [6.45, 7) is 3.62. The molecule has 2 heterocycles. The second kappa shape index (κ2) is 8.27. The number of ether oxygens (including phenoxy) is 1. The molecule has 0 bridgehead atoms. The number of carbonyl (C=O) groups is 1. The lowest BCUT2D eigenvalue weighted by Crippen LogP contribution is -2.30. The van der Waals surface area contributed by atoms with Gasteiger partial charge in [0.1, 0.15) is 11.4 Å². The molecule has 156 valence electrons. The van der Waals surface area contributed by atoms with E-state index in [1.54, 1.807) is 35.7 Å². The molecule has 0 aliphatic heterocycles. The lowest BCUT2D eigenvalue weighted by molar-refractivity contribution is -0.385. The third-order valence-corrected chi connectivity index (χ3v) is 4.88. The van der Waals surface area contributed by atoms with Crippen LogP contribution in [0.1, 0.15) is 12.5 Å². The van der Waals surface area contributed by atoms with Gasteiger partial charge in [-0.15, -0.1) is 0 Å². The smallest absolute Gasteiger partial charge is 0.286 e. The van der Waals surface area contributed by atoms with Gasteiger partial charge in [0, 0.05) is 23.5 Å². The molecular weight excluding hydrogens is 396 g/mol. The van der Waals surface area contributed by atoms with E-state index in [9.17, 15) is 14.9 Å². The van der Waals surface area contributed by atoms with Crippen LogP contribution in [-0.4, -0.2) is 26.3 Å². The third-order valence-electron chi connectivity index (χ3n) is 4.88. The van der Waals surface area contributed by atoms with Crippen LogP contribution in [0.25, 0.3) is 16.9 Å². The second-order valence-corrected chi connectivity index (χ2v) is 7.12. The van der Waals surface area contributed by atoms with Crippen molar-refractivity contribution in [3.05, 3.63) is 88.7 Å². The van der Waals surface area contributed by atoms with Crippen molar-refractivity contribution in [1.82, 2.24) is 9.38 Å². The third kappa shape index (κ3) is 4.37. The van der Waals surface area contributed by atoms with Crippen molar-refractivity contribution in [2.24, 2.45) is 0 Å². The molecule has 0 saturated carbocycles. The molecule has 0 saturated heterocycles. The molecule has 2 aromatic heterocycles. The summed E-state index contributed by atoms with van der Waals surface area (Å²) in [6.07, 6.45) is 2.48. The number of pyridine rings is 1. The van der Waals surface area contributed by atoms with Crippen molar-refractivity contribution in [2.45, 2.75) is 20.0 Å². The monoisotopic (exact) mass is 416 g/mol. The summed E-state index contributed by atoms with van der Waals surface area (Å²) in [5.74, 6) is 0.316. The Morgan fingerprint density at radius 3 is 2.55 bits per heavy atom. The number of nitrogens with one attached hydrogen (secondary N) is 1. The fourth-order valence-electron chi connectivity index (χ4n) is 3.14. The van der Waals surface area contributed by atoms with Crippen LogP contribution in [0.3, 0.4) is 0 Å². The number of amides is 1. The highest BCUT2D eigenvalue weighted by atomic mass is 16.6. The Hall–Kier alpha value is -4.20. The van der Waals surface area contributed by atoms with Gasteiger partial charge < -0.3 is 10.1 Å². The van der Waals surface area contributed by atoms with Crippen LogP contribution in [0.5, 0.6) is 5.75 Å². The van der Waals surface area contributed by atoms with E-state index < -0.39 is 11.0 Å². The summed E-state index contributed by atoms with van der Waals surface area (Å²) in [5, 5.41) is 13.8. The minimum absolute atomic E-state index is 0.00170. The number of aromatic nitrogens is 2. The van der Waals surface area contributed by atoms with E-state index in [4.69, 9.17) is 4.74 Å². The molecular formula is C23H20N4O4. The van der Waals surface area contributed by atoms with Gasteiger partial charge in [0.2, 0.25) is 0 Å². The Balaban J connectivity index is 1.45. The fraction of sp³-hybridized carbons (Fsp3) is 0.130. The average molecular weight is 416 g/mol. The molecule has 4 aromatic rings. The number of hydrogen-bond acceptors (Lipinski definition) is 5. The number of hydrogen-bond donors (Lipinski definition) is 1. The van der Waals surface area contributed by atoms with Gasteiger partial charge >= 0.3 is 0 Å². The molecule has 0 spiro atoms. The van der Waals surface area contributed by atoms with Crippen LogP contribution in [0.15, 0.2) is 73.1 Å². The first-order valence-corrected chi connectivity index (χ1v) is 9.67. The van der Waals surface area contributed by atoms with E-state index in [1.807, 2.05) is 43.3 Å². The van der Waals surface area contributed by atoms with E-state index >= 15 is 0 Å². The lowest BCUT2D eigenvalue weighted by atomic mass is 10.1. The highest BCUT2D eigenvalue weighted by Gasteiger charge is 2.16. The number of carbonyl (C=O) groups excluding carboxylic acids is 1. The molecule has 4 rings (SSSR count). The number of fused-ring (bicyclic) bond motifs is 1. The van der Waals surface area contributed by atoms with Crippen LogP contribution in [0.2, 0.25) is 0 Å². The Morgan fingerprint density at radius 2 is 1.84 bits per heavy atom. The van der Waals surface area contributed by atoms with Gasteiger partial charge in [-0.3, -0.25) is 19.3 Å². The summed E-state index contributed by atoms with van der Waals surface area (Å²) >= 11 is 0. The van der Waals surface area contributed by atoms with E-state index in [1.165, 1.54) is 12.3 Å². The molecule has 0 aliphatic rings. The number of nitro groups is 1. The van der Waals surface area contributed by atoms with Crippen molar-refractivity contribution in [2.75, 3.05) is 5.32 Å². The highest BCUT2D eigenvalue weighted by Crippen LogP contribution is 2.24. The first-order chi connectivity index (χ1) is 14.9. The average Bonchev–Trinajstić information content (AvgIpc) is 3.19. The molecule has 31 heavy (non-hydrogen) atoms. The van der Waals surface area contributed by atoms with Crippen molar-refractivity contribution < 1.29 is 14.5 Å². The van der Waals surface area contributed by atoms with Crippen LogP contribution < -0.4 is 10.1 Å². The van der Waals surface area contributed by atoms with Crippen LogP contribution >= 0.6 is 0 Å². The zero-order valence-corrected chi connectivity index (χ0v) is 17.0. The zero-order chi connectivity index (χ0) is 22.0. The normalized spacial score (nSPS) is 11.8. The molecule has 0 aliphatic carbocycles. The predicted molar refractivity (Wildman–Crippen MR) is 117 cm³/mol. The summed E-state index contributed by atoms with van der Waals surface area (Å²) in [7, 11) is 0. The van der Waals surface area contributed by atoms with Crippen molar-refractivity contribution >= 4 is 22.9 Å². The van der Waals surface area contributed by atoms with Gasteiger partial charge in [0.05, 0.1) is 16.8 Å². The van der Waals surface area contributed by atoms with Crippen LogP contribution in [0, 0.1) is 17.0 Å². The van der Waals surface area contributed by atoms with Gasteiger partial charge in [0.25, 0.3) is 11.6 Å². The molecule has 1 unspecified atom stereocenters. The Kier molecular flexibility index (Phi) is 5.36. The van der Waals surface area contributed by atoms with Crippen LogP contribution in [0.4, 0.5) is 11.4 Å². The SMILES string of the molecule is Cc1ccccc1NC(=O)C(C)Oc1ccc(-c2cn3cc([N+](=O)[O-])ccc3n2)cc1. The summed E-state index contributed by atoms with van der Waals surface area (Å²) in [4.78, 5) is 27.4. The number of imidazole rings is 1. The molecule has 8 nitrogen and oxygen atoms in total. The summed E-state index contributed by atoms with van der Waals surface area (Å²) in [6, 6.07) is 17.8. The minimum Gasteiger partial charge on any atom is -0.481 e. The van der Waals surface area contributed by atoms with E-state index in [0.717, 1.165) is 16.8 Å². The fourth-order valence-corrected chi connectivity index (χ4v) is 3.14. The maximum Gasteiger partial charge on any atom is 0.286 e. The molecule has 1 amide bonds. The Morgan fingerprint density at radius 1 is 1.10 bits per heavy atom. The predicted octanol–water partition coefficient (Wildman–Crippen LogP) is 4.62. The van der Waals surface area contributed by atoms with Crippen molar-refractivity contribution in [3.8, 4) is 17.0 Å². The maximum absolute atomic E-state index is 12.4. The molecule has 1 atom stereocenters. The standard InChI is InChI=1S/C23H20N4O4/c1-15-5-3-4-6-20(15)25-23(28)16(2)31-19-10-7-17(8-11-19)21-14-26-13-18(27(29)30)9-12-22(26)24-21/h3-14,16H,1-2H3,(H,25,28). The van der Waals surface area contributed by atoms with E-state index in [-0.39, 0.29) is 11.6 Å². The summed E-state index contributed by atoms with van der Waals surface area (Å²) < 4.78 is 7.39. The number of rotatable bonds is 6. The molecule has 8 heteroatoms. The van der Waals surface area contributed by atoms with Gasteiger partial charge in [-0.25, -0.2) is 4.98 Å². The quantitative estimate of drug-likeness (QED) is 0.365. The highest BCUT2D eigenvalue weighted by molar-refractivity contribution is 5.94. The summed E-state index contributed by atoms with van der Waals surface area (Å²) in [5.41, 5.74) is 3.85. The zero-order valence-electron chi connectivity index (χ0n) is 17.0. The second-order valence-electron chi connectivity index (χ2n) is 7.12. The number of nitrogens with zero attached hydrogens (tertiary/aromatic N) is 3. The number of anilines is 1.